The molecule has 0 aliphatic carbocycles. The van der Waals surface area contributed by atoms with Crippen LogP contribution in [0, 0.1) is 0 Å². The minimum atomic E-state index is -0.306. The Balaban J connectivity index is 1.90. The van der Waals surface area contributed by atoms with E-state index < -0.39 is 0 Å². The molecule has 4 nitrogen and oxygen atoms in total. The molecule has 0 fully saturated rings. The highest BCUT2D eigenvalue weighted by atomic mass is 16.5. The molecule has 0 spiro atoms. The van der Waals surface area contributed by atoms with Crippen LogP contribution in [0.25, 0.3) is 0 Å². The molecule has 0 bridgehead atoms. The average molecular weight is 282 g/mol. The molecule has 4 heteroatoms. The smallest absolute Gasteiger partial charge is 0.341 e. The molecule has 0 saturated heterocycles. The SMILES string of the molecule is CCOC(=O)c1cccnc1N1CCc2ccccc2C1. The lowest BCUT2D eigenvalue weighted by molar-refractivity contribution is 0.0526. The maximum Gasteiger partial charge on any atom is 0.341 e. The first kappa shape index (κ1) is 13.6. The van der Waals surface area contributed by atoms with E-state index in [1.54, 1.807) is 18.3 Å². The van der Waals surface area contributed by atoms with Crippen molar-refractivity contribution in [1.82, 2.24) is 4.98 Å². The van der Waals surface area contributed by atoms with E-state index in [1.807, 2.05) is 13.0 Å². The summed E-state index contributed by atoms with van der Waals surface area (Å²) >= 11 is 0. The minimum absolute atomic E-state index is 0.306. The van der Waals surface area contributed by atoms with Crippen molar-refractivity contribution in [2.24, 2.45) is 0 Å². The number of nitrogens with zero attached hydrogens (tertiary/aromatic N) is 2. The van der Waals surface area contributed by atoms with Gasteiger partial charge in [-0.1, -0.05) is 24.3 Å². The summed E-state index contributed by atoms with van der Waals surface area (Å²) in [5, 5.41) is 0. The number of esters is 1. The van der Waals surface area contributed by atoms with Crippen LogP contribution in [0.2, 0.25) is 0 Å². The number of hydrogen-bond donors (Lipinski definition) is 0. The van der Waals surface area contributed by atoms with Gasteiger partial charge in [0.15, 0.2) is 0 Å². The summed E-state index contributed by atoms with van der Waals surface area (Å²) in [7, 11) is 0. The number of hydrogen-bond acceptors (Lipinski definition) is 4. The molecule has 1 aromatic carbocycles. The molecule has 0 N–H and O–H groups in total. The molecule has 0 unspecified atom stereocenters. The van der Waals surface area contributed by atoms with Gasteiger partial charge in [-0.3, -0.25) is 0 Å². The normalized spacial score (nSPS) is 13.7. The Labute approximate surface area is 124 Å². The van der Waals surface area contributed by atoms with Gasteiger partial charge in [-0.2, -0.15) is 0 Å². The van der Waals surface area contributed by atoms with Crippen molar-refractivity contribution in [3.8, 4) is 0 Å². The summed E-state index contributed by atoms with van der Waals surface area (Å²) in [4.78, 5) is 18.6. The molecular weight excluding hydrogens is 264 g/mol. The number of benzene rings is 1. The van der Waals surface area contributed by atoms with Gasteiger partial charge in [0, 0.05) is 19.3 Å². The van der Waals surface area contributed by atoms with Gasteiger partial charge in [-0.05, 0) is 36.6 Å². The lowest BCUT2D eigenvalue weighted by atomic mass is 9.99. The third kappa shape index (κ3) is 2.75. The van der Waals surface area contributed by atoms with Crippen LogP contribution in [0.4, 0.5) is 5.82 Å². The largest absolute Gasteiger partial charge is 0.462 e. The summed E-state index contributed by atoms with van der Waals surface area (Å²) in [6, 6.07) is 12.0. The first-order chi connectivity index (χ1) is 10.3. The monoisotopic (exact) mass is 282 g/mol. The van der Waals surface area contributed by atoms with E-state index >= 15 is 0 Å². The number of aromatic nitrogens is 1. The maximum absolute atomic E-state index is 12.1. The van der Waals surface area contributed by atoms with Crippen LogP contribution in [0.15, 0.2) is 42.6 Å². The molecule has 3 rings (SSSR count). The lowest BCUT2D eigenvalue weighted by Crippen LogP contribution is -2.32. The Morgan fingerprint density at radius 2 is 2.05 bits per heavy atom. The predicted octanol–water partition coefficient (Wildman–Crippen LogP) is 2.82. The first-order valence-electron chi connectivity index (χ1n) is 7.23. The van der Waals surface area contributed by atoms with Crippen LogP contribution in [0.5, 0.6) is 0 Å². The molecule has 0 amide bonds. The second-order valence-corrected chi connectivity index (χ2v) is 5.04. The second kappa shape index (κ2) is 5.95. The van der Waals surface area contributed by atoms with E-state index in [9.17, 15) is 4.79 Å². The van der Waals surface area contributed by atoms with E-state index in [-0.39, 0.29) is 5.97 Å². The van der Waals surface area contributed by atoms with Crippen molar-refractivity contribution in [1.29, 1.82) is 0 Å². The summed E-state index contributed by atoms with van der Waals surface area (Å²) in [5.74, 6) is 0.407. The zero-order valence-corrected chi connectivity index (χ0v) is 12.1. The van der Waals surface area contributed by atoms with Gasteiger partial charge >= 0.3 is 5.97 Å². The fourth-order valence-electron chi connectivity index (χ4n) is 2.69. The Bertz CT molecular complexity index is 655. The Hall–Kier alpha value is -2.36. The molecule has 0 saturated carbocycles. The summed E-state index contributed by atoms with van der Waals surface area (Å²) in [5.41, 5.74) is 3.21. The van der Waals surface area contributed by atoms with Crippen molar-refractivity contribution < 1.29 is 9.53 Å². The highest BCUT2D eigenvalue weighted by Gasteiger charge is 2.22. The highest BCUT2D eigenvalue weighted by Crippen LogP contribution is 2.25. The molecule has 1 aliphatic rings. The van der Waals surface area contributed by atoms with E-state index in [1.165, 1.54) is 11.1 Å². The molecular formula is C17H18N2O2. The molecule has 21 heavy (non-hydrogen) atoms. The number of pyridine rings is 1. The van der Waals surface area contributed by atoms with Gasteiger partial charge in [-0.15, -0.1) is 0 Å². The number of carbonyl (C=O) groups excluding carboxylic acids is 1. The highest BCUT2D eigenvalue weighted by molar-refractivity contribution is 5.94. The molecule has 0 atom stereocenters. The molecule has 1 aromatic heterocycles. The number of fused-ring (bicyclic) bond motifs is 1. The lowest BCUT2D eigenvalue weighted by Gasteiger charge is -2.30. The topological polar surface area (TPSA) is 42.4 Å². The van der Waals surface area contributed by atoms with E-state index in [0.29, 0.717) is 18.0 Å². The van der Waals surface area contributed by atoms with Gasteiger partial charge in [0.1, 0.15) is 11.4 Å². The predicted molar refractivity (Wildman–Crippen MR) is 81.4 cm³/mol. The van der Waals surface area contributed by atoms with E-state index in [0.717, 1.165) is 19.5 Å². The fourth-order valence-corrected chi connectivity index (χ4v) is 2.69. The maximum atomic E-state index is 12.1. The third-order valence-corrected chi connectivity index (χ3v) is 3.71. The number of ether oxygens (including phenoxy) is 1. The van der Waals surface area contributed by atoms with Gasteiger partial charge in [0.2, 0.25) is 0 Å². The van der Waals surface area contributed by atoms with E-state index in [2.05, 4.69) is 28.1 Å². The van der Waals surface area contributed by atoms with Crippen molar-refractivity contribution in [3.63, 3.8) is 0 Å². The van der Waals surface area contributed by atoms with Crippen molar-refractivity contribution >= 4 is 11.8 Å². The quantitative estimate of drug-likeness (QED) is 0.812. The molecule has 0 radical (unpaired) electrons. The van der Waals surface area contributed by atoms with Gasteiger partial charge in [0.05, 0.1) is 6.61 Å². The summed E-state index contributed by atoms with van der Waals surface area (Å²) in [6.45, 7) is 3.82. The Morgan fingerprint density at radius 3 is 2.86 bits per heavy atom. The van der Waals surface area contributed by atoms with Crippen LogP contribution < -0.4 is 4.90 Å². The van der Waals surface area contributed by atoms with Crippen molar-refractivity contribution in [3.05, 3.63) is 59.3 Å². The van der Waals surface area contributed by atoms with Gasteiger partial charge in [-0.25, -0.2) is 9.78 Å². The van der Waals surface area contributed by atoms with Crippen LogP contribution in [-0.4, -0.2) is 24.1 Å². The van der Waals surface area contributed by atoms with Crippen LogP contribution in [-0.2, 0) is 17.7 Å². The molecule has 2 aromatic rings. The third-order valence-electron chi connectivity index (χ3n) is 3.71. The summed E-state index contributed by atoms with van der Waals surface area (Å²) in [6.07, 6.45) is 2.69. The van der Waals surface area contributed by atoms with Crippen LogP contribution in [0.3, 0.4) is 0 Å². The van der Waals surface area contributed by atoms with Crippen molar-refractivity contribution in [2.75, 3.05) is 18.1 Å². The zero-order chi connectivity index (χ0) is 14.7. The summed E-state index contributed by atoms with van der Waals surface area (Å²) < 4.78 is 5.12. The zero-order valence-electron chi connectivity index (χ0n) is 12.1. The Kier molecular flexibility index (Phi) is 3.86. The van der Waals surface area contributed by atoms with Gasteiger partial charge < -0.3 is 9.64 Å². The minimum Gasteiger partial charge on any atom is -0.462 e. The fraction of sp³-hybridized carbons (Fsp3) is 0.294. The van der Waals surface area contributed by atoms with Crippen LogP contribution in [0.1, 0.15) is 28.4 Å². The van der Waals surface area contributed by atoms with Crippen LogP contribution >= 0.6 is 0 Å². The van der Waals surface area contributed by atoms with Gasteiger partial charge in [0.25, 0.3) is 0 Å². The molecule has 1 aliphatic heterocycles. The molecule has 2 heterocycles. The number of rotatable bonds is 3. The van der Waals surface area contributed by atoms with E-state index in [4.69, 9.17) is 4.74 Å². The second-order valence-electron chi connectivity index (χ2n) is 5.04. The van der Waals surface area contributed by atoms with Crippen molar-refractivity contribution in [2.45, 2.75) is 19.9 Å². The first-order valence-corrected chi connectivity index (χ1v) is 7.23. The average Bonchev–Trinajstić information content (AvgIpc) is 2.54. The molecule has 108 valence electrons. The number of carbonyl (C=O) groups is 1. The standard InChI is InChI=1S/C17H18N2O2/c1-2-21-17(20)15-8-5-10-18-16(15)19-11-9-13-6-3-4-7-14(13)12-19/h3-8,10H,2,9,11-12H2,1H3. The number of anilines is 1. The Morgan fingerprint density at radius 1 is 1.24 bits per heavy atom.